The van der Waals surface area contributed by atoms with Gasteiger partial charge in [-0.3, -0.25) is 4.79 Å². The Morgan fingerprint density at radius 1 is 1.39 bits per heavy atom. The Morgan fingerprint density at radius 3 is 2.91 bits per heavy atom. The second kappa shape index (κ2) is 7.19. The molecule has 2 unspecified atom stereocenters. The molecule has 0 aromatic heterocycles. The van der Waals surface area contributed by atoms with E-state index in [-0.39, 0.29) is 18.1 Å². The Labute approximate surface area is 136 Å². The van der Waals surface area contributed by atoms with E-state index >= 15 is 0 Å². The highest BCUT2D eigenvalue weighted by Crippen LogP contribution is 2.38. The van der Waals surface area contributed by atoms with Gasteiger partial charge >= 0.3 is 0 Å². The van der Waals surface area contributed by atoms with Gasteiger partial charge < -0.3 is 24.8 Å². The molecule has 1 aromatic rings. The zero-order valence-electron chi connectivity index (χ0n) is 13.5. The highest BCUT2D eigenvalue weighted by atomic mass is 16.6. The number of likely N-dealkylation sites (tertiary alicyclic amines) is 1. The molecule has 1 amide bonds. The topological polar surface area (TPSA) is 74.0 Å². The normalized spacial score (nSPS) is 21.3. The third kappa shape index (κ3) is 3.43. The van der Waals surface area contributed by atoms with Crippen LogP contribution in [0.5, 0.6) is 11.5 Å². The Kier molecular flexibility index (Phi) is 5.03. The molecule has 2 heterocycles. The molecule has 2 atom stereocenters. The molecule has 1 fully saturated rings. The fourth-order valence-electron chi connectivity index (χ4n) is 3.25. The molecule has 2 N–H and O–H groups in total. The van der Waals surface area contributed by atoms with Crippen molar-refractivity contribution in [2.45, 2.75) is 31.4 Å². The third-order valence-electron chi connectivity index (χ3n) is 4.52. The minimum absolute atomic E-state index is 0.0913. The largest absolute Gasteiger partial charge is 0.486 e. The SMILES string of the molecule is COC(CN)CC(=O)N1CCCC1c1ccc2c(c1)OCCO2. The second-order valence-corrected chi connectivity index (χ2v) is 5.95. The Bertz CT molecular complexity index is 560. The number of carbonyl (C=O) groups is 1. The van der Waals surface area contributed by atoms with Crippen LogP contribution in [0.3, 0.4) is 0 Å². The van der Waals surface area contributed by atoms with Crippen molar-refractivity contribution >= 4 is 5.91 Å². The lowest BCUT2D eigenvalue weighted by Gasteiger charge is -2.28. The predicted molar refractivity (Wildman–Crippen MR) is 85.6 cm³/mol. The number of nitrogens with zero attached hydrogens (tertiary/aromatic N) is 1. The highest BCUT2D eigenvalue weighted by Gasteiger charge is 2.31. The number of benzene rings is 1. The van der Waals surface area contributed by atoms with Crippen LogP contribution in [-0.4, -0.2) is 50.3 Å². The molecule has 0 spiro atoms. The van der Waals surface area contributed by atoms with E-state index < -0.39 is 0 Å². The molecule has 6 heteroatoms. The summed E-state index contributed by atoms with van der Waals surface area (Å²) >= 11 is 0. The van der Waals surface area contributed by atoms with E-state index in [2.05, 4.69) is 0 Å². The minimum atomic E-state index is -0.219. The molecule has 2 aliphatic heterocycles. The first-order valence-corrected chi connectivity index (χ1v) is 8.14. The van der Waals surface area contributed by atoms with Gasteiger partial charge in [-0.05, 0) is 30.5 Å². The van der Waals surface area contributed by atoms with E-state index in [0.29, 0.717) is 26.2 Å². The molecule has 1 saturated heterocycles. The number of carbonyl (C=O) groups excluding carboxylic acids is 1. The van der Waals surface area contributed by atoms with Crippen LogP contribution in [0.15, 0.2) is 18.2 Å². The van der Waals surface area contributed by atoms with Gasteiger partial charge in [0.1, 0.15) is 13.2 Å². The van der Waals surface area contributed by atoms with Gasteiger partial charge in [-0.25, -0.2) is 0 Å². The maximum atomic E-state index is 12.6. The fourth-order valence-corrected chi connectivity index (χ4v) is 3.25. The number of fused-ring (bicyclic) bond motifs is 1. The quantitative estimate of drug-likeness (QED) is 0.889. The number of nitrogens with two attached hydrogens (primary N) is 1. The number of methoxy groups -OCH3 is 1. The van der Waals surface area contributed by atoms with Crippen LogP contribution in [0, 0.1) is 0 Å². The zero-order valence-corrected chi connectivity index (χ0v) is 13.5. The van der Waals surface area contributed by atoms with Gasteiger partial charge in [0.15, 0.2) is 11.5 Å². The summed E-state index contributed by atoms with van der Waals surface area (Å²) in [7, 11) is 1.59. The lowest BCUT2D eigenvalue weighted by molar-refractivity contribution is -0.134. The van der Waals surface area contributed by atoms with Gasteiger partial charge in [-0.15, -0.1) is 0 Å². The molecule has 2 aliphatic rings. The lowest BCUT2D eigenvalue weighted by Crippen LogP contribution is -2.35. The van der Waals surface area contributed by atoms with E-state index in [4.69, 9.17) is 19.9 Å². The predicted octanol–water partition coefficient (Wildman–Crippen LogP) is 1.49. The van der Waals surface area contributed by atoms with Gasteiger partial charge in [0, 0.05) is 20.2 Å². The summed E-state index contributed by atoms with van der Waals surface area (Å²) in [5, 5.41) is 0. The van der Waals surface area contributed by atoms with Crippen LogP contribution in [0.2, 0.25) is 0 Å². The molecule has 0 aliphatic carbocycles. The first kappa shape index (κ1) is 16.1. The lowest BCUT2D eigenvalue weighted by atomic mass is 10.0. The molecule has 3 rings (SSSR count). The number of ether oxygens (including phenoxy) is 3. The Hall–Kier alpha value is -1.79. The van der Waals surface area contributed by atoms with Crippen LogP contribution in [0.4, 0.5) is 0 Å². The van der Waals surface area contributed by atoms with Crippen LogP contribution < -0.4 is 15.2 Å². The van der Waals surface area contributed by atoms with Crippen LogP contribution in [0.1, 0.15) is 30.9 Å². The number of amides is 1. The Morgan fingerprint density at radius 2 is 2.17 bits per heavy atom. The Balaban J connectivity index is 1.75. The summed E-state index contributed by atoms with van der Waals surface area (Å²) in [4.78, 5) is 14.5. The summed E-state index contributed by atoms with van der Waals surface area (Å²) in [6.45, 7) is 2.28. The van der Waals surface area contributed by atoms with Crippen LogP contribution in [0.25, 0.3) is 0 Å². The molecule has 23 heavy (non-hydrogen) atoms. The smallest absolute Gasteiger partial charge is 0.225 e. The summed E-state index contributed by atoms with van der Waals surface area (Å²) in [6.07, 6.45) is 2.08. The summed E-state index contributed by atoms with van der Waals surface area (Å²) < 4.78 is 16.5. The molecule has 1 aromatic carbocycles. The van der Waals surface area contributed by atoms with Crippen molar-refractivity contribution < 1.29 is 19.0 Å². The van der Waals surface area contributed by atoms with E-state index in [1.807, 2.05) is 23.1 Å². The van der Waals surface area contributed by atoms with Gasteiger partial charge in [-0.2, -0.15) is 0 Å². The average molecular weight is 320 g/mol. The van der Waals surface area contributed by atoms with Crippen LogP contribution >= 0.6 is 0 Å². The van der Waals surface area contributed by atoms with Crippen molar-refractivity contribution in [1.82, 2.24) is 4.90 Å². The summed E-state index contributed by atoms with van der Waals surface area (Å²) in [5.74, 6) is 1.64. The van der Waals surface area contributed by atoms with E-state index in [9.17, 15) is 4.79 Å². The maximum Gasteiger partial charge on any atom is 0.225 e. The second-order valence-electron chi connectivity index (χ2n) is 5.95. The van der Waals surface area contributed by atoms with E-state index in [1.165, 1.54) is 0 Å². The molecule has 0 saturated carbocycles. The zero-order chi connectivity index (χ0) is 16.2. The van der Waals surface area contributed by atoms with E-state index in [1.54, 1.807) is 7.11 Å². The van der Waals surface area contributed by atoms with Gasteiger partial charge in [0.05, 0.1) is 18.6 Å². The molecule has 126 valence electrons. The monoisotopic (exact) mass is 320 g/mol. The first-order valence-electron chi connectivity index (χ1n) is 8.14. The van der Waals surface area contributed by atoms with E-state index in [0.717, 1.165) is 36.4 Å². The van der Waals surface area contributed by atoms with Crippen molar-refractivity contribution in [3.8, 4) is 11.5 Å². The minimum Gasteiger partial charge on any atom is -0.486 e. The average Bonchev–Trinajstić information content (AvgIpc) is 3.09. The van der Waals surface area contributed by atoms with Crippen molar-refractivity contribution in [1.29, 1.82) is 0 Å². The molecule has 0 bridgehead atoms. The van der Waals surface area contributed by atoms with Crippen molar-refractivity contribution in [2.24, 2.45) is 5.73 Å². The first-order chi connectivity index (χ1) is 11.2. The molecule has 6 nitrogen and oxygen atoms in total. The van der Waals surface area contributed by atoms with Crippen molar-refractivity contribution in [3.63, 3.8) is 0 Å². The molecular weight excluding hydrogens is 296 g/mol. The summed E-state index contributed by atoms with van der Waals surface area (Å²) in [6, 6.07) is 6.05. The van der Waals surface area contributed by atoms with Gasteiger partial charge in [0.2, 0.25) is 5.91 Å². The van der Waals surface area contributed by atoms with Crippen molar-refractivity contribution in [3.05, 3.63) is 23.8 Å². The highest BCUT2D eigenvalue weighted by molar-refractivity contribution is 5.77. The molecule has 0 radical (unpaired) electrons. The standard InChI is InChI=1S/C17H24N2O4/c1-21-13(11-18)10-17(20)19-6-2-3-14(19)12-4-5-15-16(9-12)23-8-7-22-15/h4-5,9,13-14H,2-3,6-8,10-11,18H2,1H3. The fraction of sp³-hybridized carbons (Fsp3) is 0.588. The number of rotatable bonds is 5. The number of hydrogen-bond donors (Lipinski definition) is 1. The van der Waals surface area contributed by atoms with Crippen LogP contribution in [-0.2, 0) is 9.53 Å². The third-order valence-corrected chi connectivity index (χ3v) is 4.52. The number of hydrogen-bond acceptors (Lipinski definition) is 5. The van der Waals surface area contributed by atoms with Gasteiger partial charge in [0.25, 0.3) is 0 Å². The molecular formula is C17H24N2O4. The van der Waals surface area contributed by atoms with Crippen molar-refractivity contribution in [2.75, 3.05) is 33.4 Å². The summed E-state index contributed by atoms with van der Waals surface area (Å²) in [5.41, 5.74) is 6.73. The van der Waals surface area contributed by atoms with Gasteiger partial charge in [-0.1, -0.05) is 6.07 Å². The maximum absolute atomic E-state index is 12.6.